The number of halogens is 1. The number of hydrogen-bond acceptors (Lipinski definition) is 6. The molecule has 9 heteroatoms. The topological polar surface area (TPSA) is 114 Å². The number of carbonyl (C=O) groups excluding carboxylic acids is 1. The van der Waals surface area contributed by atoms with Crippen molar-refractivity contribution in [2.75, 3.05) is 7.11 Å². The fourth-order valence-electron chi connectivity index (χ4n) is 1.83. The van der Waals surface area contributed by atoms with E-state index in [4.69, 9.17) is 16.3 Å². The number of carbonyl (C=O) groups is 1. The van der Waals surface area contributed by atoms with Crippen molar-refractivity contribution in [2.45, 2.75) is 0 Å². The summed E-state index contributed by atoms with van der Waals surface area (Å²) >= 11 is 5.68. The fourth-order valence-corrected chi connectivity index (χ4v) is 2.01. The van der Waals surface area contributed by atoms with Crippen LogP contribution >= 0.6 is 11.6 Å². The van der Waals surface area contributed by atoms with Crippen molar-refractivity contribution in [2.24, 2.45) is 5.10 Å². The van der Waals surface area contributed by atoms with Gasteiger partial charge in [-0.25, -0.2) is 5.43 Å². The molecule has 0 radical (unpaired) electrons. The number of hydrazone groups is 1. The van der Waals surface area contributed by atoms with E-state index in [0.717, 1.165) is 6.07 Å². The highest BCUT2D eigenvalue weighted by Gasteiger charge is 2.16. The van der Waals surface area contributed by atoms with Gasteiger partial charge in [-0.05, 0) is 24.3 Å². The number of amides is 1. The van der Waals surface area contributed by atoms with Crippen LogP contribution in [0.5, 0.6) is 11.5 Å². The summed E-state index contributed by atoms with van der Waals surface area (Å²) in [5.74, 6) is -0.521. The molecule has 2 rings (SSSR count). The van der Waals surface area contributed by atoms with Gasteiger partial charge in [-0.15, -0.1) is 0 Å². The fraction of sp³-hybridized carbons (Fsp3) is 0.0667. The first kappa shape index (κ1) is 17.2. The largest absolute Gasteiger partial charge is 0.504 e. The molecule has 0 aliphatic heterocycles. The third-order valence-corrected chi connectivity index (χ3v) is 3.34. The predicted octanol–water partition coefficient (Wildman–Crippen LogP) is 2.73. The second-order valence-electron chi connectivity index (χ2n) is 4.52. The average molecular weight is 350 g/mol. The Kier molecular flexibility index (Phi) is 5.33. The lowest BCUT2D eigenvalue weighted by molar-refractivity contribution is -0.384. The summed E-state index contributed by atoms with van der Waals surface area (Å²) in [4.78, 5) is 22.1. The van der Waals surface area contributed by atoms with Crippen LogP contribution in [0.2, 0.25) is 5.02 Å². The maximum absolute atomic E-state index is 12.0. The Labute approximate surface area is 141 Å². The average Bonchev–Trinajstić information content (AvgIpc) is 2.56. The van der Waals surface area contributed by atoms with E-state index in [0.29, 0.717) is 5.56 Å². The molecule has 0 heterocycles. The Bertz CT molecular complexity index is 823. The minimum Gasteiger partial charge on any atom is -0.504 e. The van der Waals surface area contributed by atoms with Crippen LogP contribution < -0.4 is 10.2 Å². The van der Waals surface area contributed by atoms with E-state index in [1.54, 1.807) is 18.2 Å². The highest BCUT2D eigenvalue weighted by Crippen LogP contribution is 2.28. The van der Waals surface area contributed by atoms with E-state index in [9.17, 15) is 20.0 Å². The molecule has 8 nitrogen and oxygen atoms in total. The summed E-state index contributed by atoms with van der Waals surface area (Å²) in [5.41, 5.74) is 2.19. The molecule has 2 N–H and O–H groups in total. The van der Waals surface area contributed by atoms with Gasteiger partial charge in [0.2, 0.25) is 0 Å². The number of rotatable bonds is 5. The lowest BCUT2D eigenvalue weighted by Gasteiger charge is -2.05. The summed E-state index contributed by atoms with van der Waals surface area (Å²) in [6.07, 6.45) is 1.22. The minimum absolute atomic E-state index is 0.0260. The van der Waals surface area contributed by atoms with E-state index in [1.807, 2.05) is 0 Å². The van der Waals surface area contributed by atoms with Gasteiger partial charge >= 0.3 is 0 Å². The van der Waals surface area contributed by atoms with Crippen molar-refractivity contribution in [1.29, 1.82) is 0 Å². The number of aromatic hydroxyl groups is 1. The van der Waals surface area contributed by atoms with Crippen LogP contribution in [0.1, 0.15) is 15.9 Å². The van der Waals surface area contributed by atoms with Crippen molar-refractivity contribution >= 4 is 29.4 Å². The van der Waals surface area contributed by atoms with E-state index >= 15 is 0 Å². The Balaban J connectivity index is 2.14. The molecular weight excluding hydrogens is 338 g/mol. The number of hydrogen-bond donors (Lipinski definition) is 2. The van der Waals surface area contributed by atoms with Crippen molar-refractivity contribution in [3.8, 4) is 11.5 Å². The number of nitro groups is 1. The van der Waals surface area contributed by atoms with Crippen molar-refractivity contribution in [3.05, 3.63) is 62.7 Å². The van der Waals surface area contributed by atoms with Gasteiger partial charge in [0.25, 0.3) is 11.6 Å². The van der Waals surface area contributed by atoms with Crippen molar-refractivity contribution in [1.82, 2.24) is 5.43 Å². The van der Waals surface area contributed by atoms with Crippen LogP contribution in [-0.4, -0.2) is 29.3 Å². The van der Waals surface area contributed by atoms with Gasteiger partial charge in [0.1, 0.15) is 5.02 Å². The molecule has 0 atom stereocenters. The zero-order chi connectivity index (χ0) is 17.7. The Hall–Kier alpha value is -3.13. The Morgan fingerprint density at radius 1 is 1.42 bits per heavy atom. The molecule has 1 amide bonds. The maximum atomic E-state index is 12.0. The molecule has 24 heavy (non-hydrogen) atoms. The van der Waals surface area contributed by atoms with E-state index < -0.39 is 10.8 Å². The lowest BCUT2D eigenvalue weighted by atomic mass is 10.2. The van der Waals surface area contributed by atoms with Gasteiger partial charge < -0.3 is 9.84 Å². The zero-order valence-corrected chi connectivity index (χ0v) is 13.1. The third-order valence-electron chi connectivity index (χ3n) is 3.02. The smallest absolute Gasteiger partial charge is 0.288 e. The predicted molar refractivity (Wildman–Crippen MR) is 87.8 cm³/mol. The first-order valence-electron chi connectivity index (χ1n) is 6.57. The molecule has 2 aromatic rings. The molecule has 0 unspecified atom stereocenters. The monoisotopic (exact) mass is 349 g/mol. The van der Waals surface area contributed by atoms with Gasteiger partial charge in [-0.2, -0.15) is 5.10 Å². The van der Waals surface area contributed by atoms with Crippen LogP contribution in [0.4, 0.5) is 5.69 Å². The quantitative estimate of drug-likeness (QED) is 0.489. The SMILES string of the molecule is COc1cccc(/C=N\NC(=O)c2ccc(Cl)c([N+](=O)[O-])c2)c1O. The second kappa shape index (κ2) is 7.42. The molecule has 0 saturated heterocycles. The molecule has 0 aliphatic carbocycles. The van der Waals surface area contributed by atoms with Crippen LogP contribution in [0.15, 0.2) is 41.5 Å². The van der Waals surface area contributed by atoms with Crippen molar-refractivity contribution < 1.29 is 19.6 Å². The number of nitro benzene ring substituents is 1. The van der Waals surface area contributed by atoms with Gasteiger partial charge in [0, 0.05) is 17.2 Å². The molecule has 0 fully saturated rings. The summed E-state index contributed by atoms with van der Waals surface area (Å²) in [5, 5.41) is 24.3. The molecule has 0 spiro atoms. The van der Waals surface area contributed by atoms with Gasteiger partial charge in [0.05, 0.1) is 18.2 Å². The third kappa shape index (κ3) is 3.79. The summed E-state index contributed by atoms with van der Waals surface area (Å²) in [7, 11) is 1.41. The maximum Gasteiger partial charge on any atom is 0.288 e. The second-order valence-corrected chi connectivity index (χ2v) is 4.93. The summed E-state index contributed by atoms with van der Waals surface area (Å²) in [6.45, 7) is 0. The number of para-hydroxylation sites is 1. The molecule has 0 saturated carbocycles. The van der Waals surface area contributed by atoms with Crippen molar-refractivity contribution in [3.63, 3.8) is 0 Å². The molecule has 0 aromatic heterocycles. The zero-order valence-electron chi connectivity index (χ0n) is 12.4. The highest BCUT2D eigenvalue weighted by atomic mass is 35.5. The van der Waals surface area contributed by atoms with Gasteiger partial charge in [0.15, 0.2) is 11.5 Å². The number of nitrogens with zero attached hydrogens (tertiary/aromatic N) is 2. The van der Waals surface area contributed by atoms with Gasteiger partial charge in [-0.1, -0.05) is 17.7 Å². The number of benzene rings is 2. The molecule has 0 aliphatic rings. The van der Waals surface area contributed by atoms with E-state index in [2.05, 4.69) is 10.5 Å². The minimum atomic E-state index is -0.684. The normalized spacial score (nSPS) is 10.6. The molecular formula is C15H12ClN3O5. The highest BCUT2D eigenvalue weighted by molar-refractivity contribution is 6.32. The molecule has 0 bridgehead atoms. The summed E-state index contributed by atoms with van der Waals surface area (Å²) < 4.78 is 4.95. The van der Waals surface area contributed by atoms with E-state index in [1.165, 1.54) is 25.5 Å². The van der Waals surface area contributed by atoms with E-state index in [-0.39, 0.29) is 27.8 Å². The van der Waals surface area contributed by atoms with Crippen LogP contribution in [0, 0.1) is 10.1 Å². The first-order chi connectivity index (χ1) is 11.4. The Morgan fingerprint density at radius 2 is 2.17 bits per heavy atom. The van der Waals surface area contributed by atoms with Crippen LogP contribution in [-0.2, 0) is 0 Å². The molecule has 124 valence electrons. The number of nitrogens with one attached hydrogen (secondary N) is 1. The van der Waals surface area contributed by atoms with Gasteiger partial charge in [-0.3, -0.25) is 14.9 Å². The summed E-state index contributed by atoms with van der Waals surface area (Å²) in [6, 6.07) is 8.43. The number of phenols is 1. The number of methoxy groups -OCH3 is 1. The molecule has 2 aromatic carbocycles. The van der Waals surface area contributed by atoms with Crippen LogP contribution in [0.3, 0.4) is 0 Å². The Morgan fingerprint density at radius 3 is 2.83 bits per heavy atom. The van der Waals surface area contributed by atoms with Crippen LogP contribution in [0.25, 0.3) is 0 Å². The number of ether oxygens (including phenoxy) is 1. The lowest BCUT2D eigenvalue weighted by Crippen LogP contribution is -2.17. The number of phenolic OH excluding ortho intramolecular Hbond substituents is 1. The first-order valence-corrected chi connectivity index (χ1v) is 6.95. The standard InChI is InChI=1S/C15H12ClN3O5/c1-24-13-4-2-3-10(14(13)20)8-17-18-15(21)9-5-6-11(16)12(7-9)19(22)23/h2-8,20H,1H3,(H,18,21)/b17-8-.